The van der Waals surface area contributed by atoms with Gasteiger partial charge in [-0.15, -0.1) is 0 Å². The van der Waals surface area contributed by atoms with Crippen molar-refractivity contribution in [2.75, 3.05) is 12.3 Å². The maximum atomic E-state index is 12.3. The highest BCUT2D eigenvalue weighted by Crippen LogP contribution is 2.31. The summed E-state index contributed by atoms with van der Waals surface area (Å²) in [7, 11) is 0. The summed E-state index contributed by atoms with van der Waals surface area (Å²) in [6.07, 6.45) is 3.84. The van der Waals surface area contributed by atoms with Gasteiger partial charge in [-0.1, -0.05) is 30.0 Å². The second kappa shape index (κ2) is 7.61. The Morgan fingerprint density at radius 2 is 2.26 bits per heavy atom. The third kappa shape index (κ3) is 3.65. The second-order valence-electron chi connectivity index (χ2n) is 6.95. The monoisotopic (exact) mass is 379 g/mol. The first-order valence-electron chi connectivity index (χ1n) is 9.22. The fourth-order valence-corrected chi connectivity index (χ4v) is 4.65. The van der Waals surface area contributed by atoms with Crippen molar-refractivity contribution in [2.24, 2.45) is 0 Å². The number of ether oxygens (including phenoxy) is 1. The minimum Gasteiger partial charge on any atom is -0.488 e. The van der Waals surface area contributed by atoms with Crippen LogP contribution < -0.4 is 10.1 Å². The Kier molecular flexibility index (Phi) is 5.04. The van der Waals surface area contributed by atoms with E-state index in [1.54, 1.807) is 0 Å². The lowest BCUT2D eigenvalue weighted by molar-refractivity contribution is -0.118. The average Bonchev–Trinajstić information content (AvgIpc) is 3.31. The van der Waals surface area contributed by atoms with Crippen molar-refractivity contribution in [3.63, 3.8) is 0 Å². The Morgan fingerprint density at radius 1 is 1.41 bits per heavy atom. The Bertz CT molecular complexity index is 911. The predicted molar refractivity (Wildman–Crippen MR) is 104 cm³/mol. The van der Waals surface area contributed by atoms with E-state index in [1.807, 2.05) is 25.1 Å². The number of fused-ring (bicyclic) bond motifs is 2. The van der Waals surface area contributed by atoms with Crippen molar-refractivity contribution in [2.45, 2.75) is 43.7 Å². The molecule has 1 aliphatic carbocycles. The number of aryl methyl sites for hydroxylation is 1. The molecule has 0 saturated carbocycles. The summed E-state index contributed by atoms with van der Waals surface area (Å²) in [6.45, 7) is 2.47. The van der Waals surface area contributed by atoms with E-state index in [9.17, 15) is 10.1 Å². The van der Waals surface area contributed by atoms with E-state index in [0.717, 1.165) is 42.7 Å². The minimum absolute atomic E-state index is 0.0219. The first kappa shape index (κ1) is 17.9. The molecule has 0 unspecified atom stereocenters. The van der Waals surface area contributed by atoms with E-state index in [0.29, 0.717) is 17.1 Å². The average molecular weight is 379 g/mol. The van der Waals surface area contributed by atoms with E-state index in [1.165, 1.54) is 22.9 Å². The van der Waals surface area contributed by atoms with Crippen LogP contribution in [0.15, 0.2) is 29.3 Å². The summed E-state index contributed by atoms with van der Waals surface area (Å²) in [5.74, 6) is 1.09. The summed E-state index contributed by atoms with van der Waals surface area (Å²) in [6, 6.07) is 10.2. The van der Waals surface area contributed by atoms with E-state index in [4.69, 9.17) is 4.74 Å². The number of rotatable bonds is 5. The number of carbonyl (C=O) groups is 1. The van der Waals surface area contributed by atoms with Crippen LogP contribution in [-0.2, 0) is 24.1 Å². The van der Waals surface area contributed by atoms with Gasteiger partial charge in [0.2, 0.25) is 5.91 Å². The maximum Gasteiger partial charge on any atom is 0.230 e. The van der Waals surface area contributed by atoms with Crippen LogP contribution in [0.5, 0.6) is 5.75 Å². The summed E-state index contributed by atoms with van der Waals surface area (Å²) in [5.41, 5.74) is 5.13. The molecule has 2 aliphatic rings. The third-order valence-electron chi connectivity index (χ3n) is 5.16. The molecule has 1 aromatic carbocycles. The molecule has 0 spiro atoms. The van der Waals surface area contributed by atoms with Crippen LogP contribution in [0.25, 0.3) is 0 Å². The zero-order chi connectivity index (χ0) is 18.8. The van der Waals surface area contributed by atoms with Crippen LogP contribution >= 0.6 is 11.8 Å². The number of hydrogen-bond donors (Lipinski definition) is 1. The number of nitrogens with zero attached hydrogens (tertiary/aromatic N) is 2. The number of nitriles is 1. The molecule has 1 N–H and O–H groups in total. The number of thioether (sulfide) groups is 1. The van der Waals surface area contributed by atoms with Gasteiger partial charge in [0.25, 0.3) is 0 Å². The molecule has 1 amide bonds. The van der Waals surface area contributed by atoms with Crippen molar-refractivity contribution >= 4 is 17.7 Å². The van der Waals surface area contributed by atoms with Crippen LogP contribution in [0, 0.1) is 18.3 Å². The normalized spacial score (nSPS) is 17.0. The number of pyridine rings is 1. The summed E-state index contributed by atoms with van der Waals surface area (Å²) in [4.78, 5) is 16.9. The lowest BCUT2D eigenvalue weighted by Gasteiger charge is -2.13. The Morgan fingerprint density at radius 3 is 3.07 bits per heavy atom. The fourth-order valence-electron chi connectivity index (χ4n) is 3.76. The lowest BCUT2D eigenvalue weighted by atomic mass is 10.0. The molecule has 0 fully saturated rings. The number of para-hydroxylation sites is 1. The molecule has 5 nitrogen and oxygen atoms in total. The number of hydrogen-bond acceptors (Lipinski definition) is 5. The molecular formula is C21H21N3O2S. The molecule has 1 aromatic heterocycles. The van der Waals surface area contributed by atoms with Gasteiger partial charge in [-0.05, 0) is 48.9 Å². The molecule has 0 radical (unpaired) electrons. The first-order chi connectivity index (χ1) is 13.2. The molecule has 0 bridgehead atoms. The van der Waals surface area contributed by atoms with Crippen molar-refractivity contribution in [1.82, 2.24) is 10.3 Å². The van der Waals surface area contributed by atoms with Gasteiger partial charge < -0.3 is 10.1 Å². The van der Waals surface area contributed by atoms with Crippen LogP contribution in [0.2, 0.25) is 0 Å². The van der Waals surface area contributed by atoms with Crippen molar-refractivity contribution in [1.29, 1.82) is 5.26 Å². The summed E-state index contributed by atoms with van der Waals surface area (Å²) < 4.78 is 5.85. The smallest absolute Gasteiger partial charge is 0.230 e. The van der Waals surface area contributed by atoms with Gasteiger partial charge in [0.05, 0.1) is 17.9 Å². The van der Waals surface area contributed by atoms with E-state index in [-0.39, 0.29) is 17.8 Å². The molecular weight excluding hydrogens is 358 g/mol. The fraction of sp³-hybridized carbons (Fsp3) is 0.381. The standard InChI is InChI=1S/C21H21N3O2S/c1-13-16-6-4-7-18(16)24-21(17(13)10-22)27-12-20(25)23-11-15-9-14-5-2-3-8-19(14)26-15/h2-3,5,8,15H,4,6-7,9,11-12H2,1H3,(H,23,25)/t15-/m1/s1. The number of carbonyl (C=O) groups excluding carboxylic acids is 1. The van der Waals surface area contributed by atoms with Gasteiger partial charge in [-0.2, -0.15) is 5.26 Å². The van der Waals surface area contributed by atoms with Gasteiger partial charge in [0.15, 0.2) is 0 Å². The van der Waals surface area contributed by atoms with E-state index < -0.39 is 0 Å². The lowest BCUT2D eigenvalue weighted by Crippen LogP contribution is -2.35. The minimum atomic E-state index is -0.0663. The van der Waals surface area contributed by atoms with Crippen molar-refractivity contribution < 1.29 is 9.53 Å². The van der Waals surface area contributed by atoms with Gasteiger partial charge in [0.1, 0.15) is 22.9 Å². The van der Waals surface area contributed by atoms with Crippen LogP contribution in [0.4, 0.5) is 0 Å². The largest absolute Gasteiger partial charge is 0.488 e. The van der Waals surface area contributed by atoms with Gasteiger partial charge >= 0.3 is 0 Å². The molecule has 1 aliphatic heterocycles. The van der Waals surface area contributed by atoms with Crippen molar-refractivity contribution in [3.05, 3.63) is 52.2 Å². The summed E-state index contributed by atoms with van der Waals surface area (Å²) >= 11 is 1.34. The topological polar surface area (TPSA) is 75.0 Å². The Labute approximate surface area is 163 Å². The van der Waals surface area contributed by atoms with Crippen LogP contribution in [-0.4, -0.2) is 29.3 Å². The number of benzene rings is 1. The second-order valence-corrected chi connectivity index (χ2v) is 7.92. The SMILES string of the molecule is Cc1c(C#N)c(SCC(=O)NC[C@H]2Cc3ccccc3O2)nc2c1CCC2. The number of amides is 1. The van der Waals surface area contributed by atoms with Gasteiger partial charge in [-0.25, -0.2) is 4.98 Å². The molecule has 0 saturated heterocycles. The molecule has 1 atom stereocenters. The number of aromatic nitrogens is 1. The van der Waals surface area contributed by atoms with Gasteiger partial charge in [0, 0.05) is 12.1 Å². The van der Waals surface area contributed by atoms with Crippen LogP contribution in [0.1, 0.15) is 34.4 Å². The van der Waals surface area contributed by atoms with E-state index >= 15 is 0 Å². The maximum absolute atomic E-state index is 12.3. The highest BCUT2D eigenvalue weighted by Gasteiger charge is 2.24. The molecule has 27 heavy (non-hydrogen) atoms. The van der Waals surface area contributed by atoms with Crippen LogP contribution in [0.3, 0.4) is 0 Å². The quantitative estimate of drug-likeness (QED) is 0.809. The Balaban J connectivity index is 1.33. The summed E-state index contributed by atoms with van der Waals surface area (Å²) in [5, 5.41) is 13.1. The molecule has 2 aromatic rings. The molecule has 2 heterocycles. The Hall–Kier alpha value is -2.52. The molecule has 138 valence electrons. The van der Waals surface area contributed by atoms with Crippen molar-refractivity contribution in [3.8, 4) is 11.8 Å². The molecule has 6 heteroatoms. The van der Waals surface area contributed by atoms with E-state index in [2.05, 4.69) is 22.4 Å². The highest BCUT2D eigenvalue weighted by atomic mass is 32.2. The van der Waals surface area contributed by atoms with Gasteiger partial charge in [-0.3, -0.25) is 4.79 Å². The number of nitrogens with one attached hydrogen (secondary N) is 1. The zero-order valence-corrected chi connectivity index (χ0v) is 16.1. The zero-order valence-electron chi connectivity index (χ0n) is 15.2. The third-order valence-corrected chi connectivity index (χ3v) is 6.13. The predicted octanol–water partition coefficient (Wildman–Crippen LogP) is 2.96. The highest BCUT2D eigenvalue weighted by molar-refractivity contribution is 8.00. The first-order valence-corrected chi connectivity index (χ1v) is 10.2. The molecule has 4 rings (SSSR count).